The van der Waals surface area contributed by atoms with E-state index in [1.165, 1.54) is 15.9 Å². The molecule has 3 aromatic rings. The first-order valence-corrected chi connectivity index (χ1v) is 16.8. The highest BCUT2D eigenvalue weighted by atomic mass is 28.4. The van der Waals surface area contributed by atoms with E-state index in [9.17, 15) is 4.79 Å². The van der Waals surface area contributed by atoms with Gasteiger partial charge in [0, 0.05) is 24.4 Å². The largest absolute Gasteiger partial charge is 0.493 e. The molecule has 2 saturated carbocycles. The smallest absolute Gasteiger partial charge is 0.261 e. The standard InChI is InChI=1S/C36H44O3Si/c1-28-26-29-16-14-23-34(37)36(29,33(28)27-38-30-17-8-5-9-18-30)24-15-25-39-40(35(2,3)4,31-19-10-6-11-20-31)32-21-12-7-13-22-32/h5-13,17-22,29,33H,1,14-16,23-27H2,2-4H3/t29?,33-,36?/m0/s1. The lowest BCUT2D eigenvalue weighted by atomic mass is 9.61. The number of rotatable bonds is 10. The fourth-order valence-corrected chi connectivity index (χ4v) is 12.3. The van der Waals surface area contributed by atoms with E-state index in [0.29, 0.717) is 31.3 Å². The molecule has 2 fully saturated rings. The van der Waals surface area contributed by atoms with Crippen LogP contribution in [0.25, 0.3) is 0 Å². The first kappa shape index (κ1) is 28.6. The van der Waals surface area contributed by atoms with E-state index >= 15 is 0 Å². The van der Waals surface area contributed by atoms with Gasteiger partial charge >= 0.3 is 0 Å². The molecule has 0 N–H and O–H groups in total. The Morgan fingerprint density at radius 2 is 1.48 bits per heavy atom. The van der Waals surface area contributed by atoms with Crippen LogP contribution in [0, 0.1) is 17.3 Å². The number of para-hydroxylation sites is 1. The van der Waals surface area contributed by atoms with Crippen LogP contribution in [0.4, 0.5) is 0 Å². The van der Waals surface area contributed by atoms with Crippen molar-refractivity contribution in [2.75, 3.05) is 13.2 Å². The van der Waals surface area contributed by atoms with Gasteiger partial charge in [-0.2, -0.15) is 0 Å². The maximum absolute atomic E-state index is 13.8. The van der Waals surface area contributed by atoms with Crippen molar-refractivity contribution < 1.29 is 14.0 Å². The molecule has 5 rings (SSSR count). The summed E-state index contributed by atoms with van der Waals surface area (Å²) >= 11 is 0. The molecule has 3 aromatic carbocycles. The fraction of sp³-hybridized carbons (Fsp3) is 0.417. The minimum atomic E-state index is -2.61. The molecule has 4 heteroatoms. The molecule has 2 aliphatic carbocycles. The van der Waals surface area contributed by atoms with Gasteiger partial charge in [-0.25, -0.2) is 0 Å². The third-order valence-corrected chi connectivity index (χ3v) is 14.5. The number of ether oxygens (including phenoxy) is 1. The number of ketones is 1. The number of benzene rings is 3. The first-order chi connectivity index (χ1) is 19.3. The summed E-state index contributed by atoms with van der Waals surface area (Å²) in [4.78, 5) is 13.8. The second-order valence-electron chi connectivity index (χ2n) is 12.7. The van der Waals surface area contributed by atoms with Crippen molar-refractivity contribution >= 4 is 24.5 Å². The molecule has 40 heavy (non-hydrogen) atoms. The van der Waals surface area contributed by atoms with Gasteiger partial charge in [0.2, 0.25) is 0 Å². The van der Waals surface area contributed by atoms with E-state index in [2.05, 4.69) is 88.0 Å². The average molecular weight is 553 g/mol. The molecule has 0 aromatic heterocycles. The third-order valence-electron chi connectivity index (χ3n) is 9.46. The minimum Gasteiger partial charge on any atom is -0.493 e. The molecule has 0 bridgehead atoms. The number of carbonyl (C=O) groups excluding carboxylic acids is 1. The Hall–Kier alpha value is -2.95. The van der Waals surface area contributed by atoms with Crippen LogP contribution in [0.1, 0.15) is 59.3 Å². The zero-order chi connectivity index (χ0) is 28.2. The molecule has 0 aliphatic heterocycles. The molecule has 210 valence electrons. The molecular weight excluding hydrogens is 508 g/mol. The van der Waals surface area contributed by atoms with Gasteiger partial charge in [0.25, 0.3) is 8.32 Å². The van der Waals surface area contributed by atoms with Crippen LogP contribution >= 0.6 is 0 Å². The summed E-state index contributed by atoms with van der Waals surface area (Å²) in [5, 5.41) is 2.52. The predicted octanol–water partition coefficient (Wildman–Crippen LogP) is 7.35. The lowest BCUT2D eigenvalue weighted by Gasteiger charge is -2.44. The highest BCUT2D eigenvalue weighted by molar-refractivity contribution is 6.99. The van der Waals surface area contributed by atoms with Crippen LogP contribution < -0.4 is 15.1 Å². The lowest BCUT2D eigenvalue weighted by molar-refractivity contribution is -0.138. The van der Waals surface area contributed by atoms with Crippen molar-refractivity contribution in [2.45, 2.75) is 64.3 Å². The third kappa shape index (κ3) is 5.24. The van der Waals surface area contributed by atoms with Crippen molar-refractivity contribution in [3.63, 3.8) is 0 Å². The van der Waals surface area contributed by atoms with E-state index in [0.717, 1.165) is 37.9 Å². The Morgan fingerprint density at radius 3 is 2.05 bits per heavy atom. The van der Waals surface area contributed by atoms with Gasteiger partial charge in [-0.15, -0.1) is 0 Å². The van der Waals surface area contributed by atoms with Crippen LogP contribution in [-0.4, -0.2) is 27.3 Å². The molecule has 3 atom stereocenters. The molecule has 0 saturated heterocycles. The van der Waals surface area contributed by atoms with Crippen molar-refractivity contribution in [1.82, 2.24) is 0 Å². The quantitative estimate of drug-likeness (QED) is 0.150. The normalized spacial score (nSPS) is 23.2. The molecule has 0 radical (unpaired) electrons. The summed E-state index contributed by atoms with van der Waals surface area (Å²) in [6, 6.07) is 31.6. The molecular formula is C36H44O3Si. The van der Waals surface area contributed by atoms with E-state index in [-0.39, 0.29) is 16.4 Å². The Labute approximate surface area is 241 Å². The zero-order valence-corrected chi connectivity index (χ0v) is 25.4. The molecule has 3 nitrogen and oxygen atoms in total. The van der Waals surface area contributed by atoms with Crippen molar-refractivity contribution in [2.24, 2.45) is 17.3 Å². The second-order valence-corrected chi connectivity index (χ2v) is 17.0. The summed E-state index contributed by atoms with van der Waals surface area (Å²) in [5.41, 5.74) is 0.794. The highest BCUT2D eigenvalue weighted by Crippen LogP contribution is 2.58. The summed E-state index contributed by atoms with van der Waals surface area (Å²) < 4.78 is 13.5. The fourth-order valence-electron chi connectivity index (χ4n) is 7.65. The predicted molar refractivity (Wildman–Crippen MR) is 167 cm³/mol. The second kappa shape index (κ2) is 11.9. The topological polar surface area (TPSA) is 35.5 Å². The van der Waals surface area contributed by atoms with Crippen LogP contribution in [0.5, 0.6) is 5.75 Å². The van der Waals surface area contributed by atoms with Crippen molar-refractivity contribution in [3.8, 4) is 5.75 Å². The summed E-state index contributed by atoms with van der Waals surface area (Å²) in [6.07, 6.45) is 5.37. The monoisotopic (exact) mass is 552 g/mol. The maximum atomic E-state index is 13.8. The minimum absolute atomic E-state index is 0.0540. The molecule has 0 spiro atoms. The summed E-state index contributed by atoms with van der Waals surface area (Å²) in [7, 11) is -2.61. The van der Waals surface area contributed by atoms with Gasteiger partial charge in [-0.3, -0.25) is 4.79 Å². The van der Waals surface area contributed by atoms with E-state index in [1.807, 2.05) is 30.3 Å². The first-order valence-electron chi connectivity index (χ1n) is 14.9. The van der Waals surface area contributed by atoms with Gasteiger partial charge in [-0.05, 0) is 65.6 Å². The summed E-state index contributed by atoms with van der Waals surface area (Å²) in [6.45, 7) is 12.6. The Bertz CT molecular complexity index is 1240. The van der Waals surface area contributed by atoms with E-state index < -0.39 is 8.32 Å². The number of hydrogen-bond acceptors (Lipinski definition) is 3. The molecule has 0 amide bonds. The Kier molecular flexibility index (Phi) is 8.49. The number of hydrogen-bond donors (Lipinski definition) is 0. The van der Waals surface area contributed by atoms with E-state index in [1.54, 1.807) is 0 Å². The van der Waals surface area contributed by atoms with Crippen LogP contribution in [0.2, 0.25) is 5.04 Å². The van der Waals surface area contributed by atoms with Crippen molar-refractivity contribution in [3.05, 3.63) is 103 Å². The van der Waals surface area contributed by atoms with Gasteiger partial charge in [-0.1, -0.05) is 112 Å². The number of Topliss-reactive ketones (excluding diaryl/α,β-unsaturated/α-hetero) is 1. The Morgan fingerprint density at radius 1 is 0.900 bits per heavy atom. The van der Waals surface area contributed by atoms with Gasteiger partial charge < -0.3 is 9.16 Å². The average Bonchev–Trinajstić information content (AvgIpc) is 3.24. The van der Waals surface area contributed by atoms with Crippen LogP contribution in [0.15, 0.2) is 103 Å². The van der Waals surface area contributed by atoms with Crippen LogP contribution in [-0.2, 0) is 9.22 Å². The zero-order valence-electron chi connectivity index (χ0n) is 24.4. The van der Waals surface area contributed by atoms with Gasteiger partial charge in [0.1, 0.15) is 11.5 Å². The maximum Gasteiger partial charge on any atom is 0.261 e. The van der Waals surface area contributed by atoms with Crippen molar-refractivity contribution in [1.29, 1.82) is 0 Å². The van der Waals surface area contributed by atoms with E-state index in [4.69, 9.17) is 9.16 Å². The summed E-state index contributed by atoms with van der Waals surface area (Å²) in [5.74, 6) is 1.68. The highest BCUT2D eigenvalue weighted by Gasteiger charge is 2.57. The molecule has 2 aliphatic rings. The number of carbonyl (C=O) groups is 1. The molecule has 0 heterocycles. The molecule has 2 unspecified atom stereocenters. The number of fused-ring (bicyclic) bond motifs is 1. The van der Waals surface area contributed by atoms with Gasteiger partial charge in [0.05, 0.1) is 6.61 Å². The SMILES string of the molecule is C=C1CC2CCCC(=O)C2(CCCO[Si](c2ccccc2)(c2ccccc2)C(C)(C)C)[C@H]1COc1ccccc1. The Balaban J connectivity index is 1.40. The lowest BCUT2D eigenvalue weighted by Crippen LogP contribution is -2.66. The van der Waals surface area contributed by atoms with Crippen LogP contribution in [0.3, 0.4) is 0 Å². The van der Waals surface area contributed by atoms with Gasteiger partial charge in [0.15, 0.2) is 0 Å².